The molecular weight excluding hydrogens is 364 g/mol. The summed E-state index contributed by atoms with van der Waals surface area (Å²) in [5.74, 6) is -0.307. The standard InChI is InChI=1S/C20H17ClN4O2/c1-11-15-5-4-14(20(26)27)10-25(15)23-17(11)16-8-13-6-7-22-19(21)18(13)24(16)9-12-2-3-12/h4-8,10,12H,2-3,9H2,1H3,(H,26,27). The molecule has 0 bridgehead atoms. The zero-order chi connectivity index (χ0) is 18.7. The summed E-state index contributed by atoms with van der Waals surface area (Å²) in [6.45, 7) is 2.90. The van der Waals surface area contributed by atoms with Crippen molar-refractivity contribution in [3.05, 3.63) is 52.9 Å². The Kier molecular flexibility index (Phi) is 3.52. The molecule has 0 unspecified atom stereocenters. The van der Waals surface area contributed by atoms with Crippen LogP contribution in [0.1, 0.15) is 28.8 Å². The minimum atomic E-state index is -0.965. The lowest BCUT2D eigenvalue weighted by Gasteiger charge is -2.09. The van der Waals surface area contributed by atoms with E-state index in [9.17, 15) is 9.90 Å². The first-order chi connectivity index (χ1) is 13.0. The molecule has 0 spiro atoms. The van der Waals surface area contributed by atoms with Crippen LogP contribution in [-0.2, 0) is 6.54 Å². The molecule has 1 N–H and O–H groups in total. The second-order valence-corrected chi connectivity index (χ2v) is 7.51. The van der Waals surface area contributed by atoms with Crippen LogP contribution in [0.15, 0.2) is 36.7 Å². The molecule has 0 aromatic carbocycles. The zero-order valence-electron chi connectivity index (χ0n) is 14.7. The Labute approximate surface area is 160 Å². The summed E-state index contributed by atoms with van der Waals surface area (Å²) in [4.78, 5) is 15.5. The fourth-order valence-corrected chi connectivity index (χ4v) is 3.93. The van der Waals surface area contributed by atoms with E-state index in [0.29, 0.717) is 11.1 Å². The molecule has 27 heavy (non-hydrogen) atoms. The average Bonchev–Trinajstić information content (AvgIpc) is 3.30. The van der Waals surface area contributed by atoms with Gasteiger partial charge in [-0.3, -0.25) is 0 Å². The van der Waals surface area contributed by atoms with E-state index in [1.165, 1.54) is 12.8 Å². The summed E-state index contributed by atoms with van der Waals surface area (Å²) in [6.07, 6.45) is 5.72. The van der Waals surface area contributed by atoms with Crippen LogP contribution in [0.25, 0.3) is 27.8 Å². The molecule has 6 nitrogen and oxygen atoms in total. The van der Waals surface area contributed by atoms with E-state index in [0.717, 1.165) is 39.9 Å². The monoisotopic (exact) mass is 380 g/mol. The molecule has 0 atom stereocenters. The van der Waals surface area contributed by atoms with Crippen molar-refractivity contribution in [2.75, 3.05) is 0 Å². The summed E-state index contributed by atoms with van der Waals surface area (Å²) in [5.41, 5.74) is 4.87. The van der Waals surface area contributed by atoms with E-state index in [2.05, 4.69) is 15.6 Å². The second-order valence-electron chi connectivity index (χ2n) is 7.15. The number of carboxylic acids is 1. The molecule has 0 aliphatic heterocycles. The van der Waals surface area contributed by atoms with Crippen LogP contribution in [0.2, 0.25) is 5.15 Å². The number of fused-ring (bicyclic) bond motifs is 2. The van der Waals surface area contributed by atoms with Gasteiger partial charge in [0.1, 0.15) is 5.69 Å². The number of aromatic carboxylic acids is 1. The van der Waals surface area contributed by atoms with Crippen molar-refractivity contribution < 1.29 is 9.90 Å². The van der Waals surface area contributed by atoms with Crippen molar-refractivity contribution in [1.29, 1.82) is 0 Å². The Morgan fingerprint density at radius 1 is 1.33 bits per heavy atom. The summed E-state index contributed by atoms with van der Waals surface area (Å²) in [5, 5.41) is 15.5. The fourth-order valence-electron chi connectivity index (χ4n) is 3.66. The number of hydrogen-bond donors (Lipinski definition) is 1. The van der Waals surface area contributed by atoms with Crippen LogP contribution in [0.5, 0.6) is 0 Å². The third kappa shape index (κ3) is 2.59. The number of aryl methyl sites for hydroxylation is 1. The van der Waals surface area contributed by atoms with Gasteiger partial charge in [-0.2, -0.15) is 5.10 Å². The maximum Gasteiger partial charge on any atom is 0.337 e. The number of carbonyl (C=O) groups is 1. The summed E-state index contributed by atoms with van der Waals surface area (Å²) >= 11 is 6.42. The molecular formula is C20H17ClN4O2. The van der Waals surface area contributed by atoms with Gasteiger partial charge in [0.15, 0.2) is 5.15 Å². The van der Waals surface area contributed by atoms with Gasteiger partial charge in [0.2, 0.25) is 0 Å². The van der Waals surface area contributed by atoms with Crippen LogP contribution in [0.3, 0.4) is 0 Å². The van der Waals surface area contributed by atoms with E-state index in [4.69, 9.17) is 16.7 Å². The van der Waals surface area contributed by atoms with E-state index in [-0.39, 0.29) is 5.56 Å². The van der Waals surface area contributed by atoms with Crippen LogP contribution >= 0.6 is 11.6 Å². The number of rotatable bonds is 4. The van der Waals surface area contributed by atoms with Gasteiger partial charge in [0.05, 0.1) is 22.3 Å². The lowest BCUT2D eigenvalue weighted by Crippen LogP contribution is -2.03. The largest absolute Gasteiger partial charge is 0.478 e. The third-order valence-electron chi connectivity index (χ3n) is 5.27. The number of pyridine rings is 2. The summed E-state index contributed by atoms with van der Waals surface area (Å²) in [7, 11) is 0. The number of nitrogens with zero attached hydrogens (tertiary/aromatic N) is 4. The highest BCUT2D eigenvalue weighted by Gasteiger charge is 2.26. The van der Waals surface area contributed by atoms with Crippen molar-refractivity contribution in [3.8, 4) is 11.4 Å². The molecule has 136 valence electrons. The van der Waals surface area contributed by atoms with Crippen LogP contribution in [-0.4, -0.2) is 30.2 Å². The Bertz CT molecular complexity index is 1220. The highest BCUT2D eigenvalue weighted by atomic mass is 35.5. The average molecular weight is 381 g/mol. The molecule has 0 radical (unpaired) electrons. The van der Waals surface area contributed by atoms with E-state index in [1.54, 1.807) is 29.0 Å². The van der Waals surface area contributed by atoms with Gasteiger partial charge in [-0.15, -0.1) is 0 Å². The molecule has 4 heterocycles. The maximum atomic E-state index is 11.3. The lowest BCUT2D eigenvalue weighted by molar-refractivity contribution is 0.0696. The molecule has 1 saturated carbocycles. The number of carboxylic acid groups (broad SMARTS) is 1. The molecule has 1 aliphatic carbocycles. The lowest BCUT2D eigenvalue weighted by atomic mass is 10.1. The number of hydrogen-bond acceptors (Lipinski definition) is 3. The molecule has 0 saturated heterocycles. The molecule has 4 aromatic heterocycles. The minimum Gasteiger partial charge on any atom is -0.478 e. The third-order valence-corrected chi connectivity index (χ3v) is 5.54. The summed E-state index contributed by atoms with van der Waals surface area (Å²) in [6, 6.07) is 7.47. The molecule has 0 amide bonds. The van der Waals surface area contributed by atoms with Gasteiger partial charge in [-0.1, -0.05) is 11.6 Å². The highest BCUT2D eigenvalue weighted by Crippen LogP contribution is 2.38. The minimum absolute atomic E-state index is 0.210. The molecule has 7 heteroatoms. The SMILES string of the molecule is Cc1c(-c2cc3ccnc(Cl)c3n2CC2CC2)nn2cc(C(=O)O)ccc12. The van der Waals surface area contributed by atoms with Gasteiger partial charge >= 0.3 is 5.97 Å². The normalized spacial score (nSPS) is 14.3. The number of halogens is 1. The smallest absolute Gasteiger partial charge is 0.337 e. The quantitative estimate of drug-likeness (QED) is 0.532. The topological polar surface area (TPSA) is 72.4 Å². The second kappa shape index (κ2) is 5.82. The van der Waals surface area contributed by atoms with Crippen LogP contribution < -0.4 is 0 Å². The molecule has 5 rings (SSSR count). The fraction of sp³-hybridized carbons (Fsp3) is 0.250. The predicted molar refractivity (Wildman–Crippen MR) is 103 cm³/mol. The van der Waals surface area contributed by atoms with E-state index >= 15 is 0 Å². The molecule has 1 aliphatic rings. The van der Waals surface area contributed by atoms with Gasteiger partial charge in [0.25, 0.3) is 0 Å². The van der Waals surface area contributed by atoms with Crippen LogP contribution in [0, 0.1) is 12.8 Å². The Hall–Kier alpha value is -2.86. The molecule has 1 fully saturated rings. The van der Waals surface area contributed by atoms with Crippen molar-refractivity contribution in [2.45, 2.75) is 26.3 Å². The Balaban J connectivity index is 1.76. The molecule has 4 aromatic rings. The van der Waals surface area contributed by atoms with E-state index in [1.807, 2.05) is 13.0 Å². The Morgan fingerprint density at radius 2 is 2.15 bits per heavy atom. The van der Waals surface area contributed by atoms with E-state index < -0.39 is 5.97 Å². The summed E-state index contributed by atoms with van der Waals surface area (Å²) < 4.78 is 3.86. The predicted octanol–water partition coefficient (Wildman–Crippen LogP) is 4.42. The van der Waals surface area contributed by atoms with Crippen LogP contribution in [0.4, 0.5) is 0 Å². The van der Waals surface area contributed by atoms with Gasteiger partial charge in [0, 0.05) is 29.9 Å². The zero-order valence-corrected chi connectivity index (χ0v) is 15.4. The Morgan fingerprint density at radius 3 is 2.89 bits per heavy atom. The van der Waals surface area contributed by atoms with Crippen molar-refractivity contribution >= 4 is 34.0 Å². The van der Waals surface area contributed by atoms with Gasteiger partial charge in [-0.05, 0) is 49.9 Å². The first kappa shape index (κ1) is 16.3. The van der Waals surface area contributed by atoms with Gasteiger partial charge < -0.3 is 9.67 Å². The van der Waals surface area contributed by atoms with Gasteiger partial charge in [-0.25, -0.2) is 14.3 Å². The van der Waals surface area contributed by atoms with Crippen molar-refractivity contribution in [1.82, 2.24) is 19.2 Å². The first-order valence-corrected chi connectivity index (χ1v) is 9.27. The number of aromatic nitrogens is 4. The van der Waals surface area contributed by atoms with Crippen molar-refractivity contribution in [2.24, 2.45) is 5.92 Å². The van der Waals surface area contributed by atoms with Crippen molar-refractivity contribution in [3.63, 3.8) is 0 Å². The first-order valence-electron chi connectivity index (χ1n) is 8.89. The highest BCUT2D eigenvalue weighted by molar-refractivity contribution is 6.34. The maximum absolute atomic E-state index is 11.3.